The molecule has 0 saturated heterocycles. The van der Waals surface area contributed by atoms with Crippen LogP contribution >= 0.6 is 27.3 Å². The predicted molar refractivity (Wildman–Crippen MR) is 83.6 cm³/mol. The van der Waals surface area contributed by atoms with Gasteiger partial charge in [0.2, 0.25) is 0 Å². The number of thiophene rings is 1. The maximum absolute atomic E-state index is 5.30. The van der Waals surface area contributed by atoms with Gasteiger partial charge in [-0.3, -0.25) is 0 Å². The van der Waals surface area contributed by atoms with E-state index >= 15 is 0 Å². The zero-order chi connectivity index (χ0) is 13.8. The predicted octanol–water partition coefficient (Wildman–Crippen LogP) is 4.70. The Hall–Kier alpha value is -1.20. The number of hydrogen-bond acceptors (Lipinski definition) is 4. The van der Waals surface area contributed by atoms with Gasteiger partial charge in [0.05, 0.1) is 20.3 Å². The van der Waals surface area contributed by atoms with E-state index in [1.165, 1.54) is 4.88 Å². The van der Waals surface area contributed by atoms with E-state index in [2.05, 4.69) is 39.6 Å². The summed E-state index contributed by atoms with van der Waals surface area (Å²) in [5.41, 5.74) is 1.01. The summed E-state index contributed by atoms with van der Waals surface area (Å²) in [5.74, 6) is 1.46. The van der Waals surface area contributed by atoms with Crippen molar-refractivity contribution in [1.82, 2.24) is 0 Å². The first-order chi connectivity index (χ1) is 9.15. The van der Waals surface area contributed by atoms with Gasteiger partial charge in [-0.25, -0.2) is 0 Å². The molecule has 0 aliphatic heterocycles. The van der Waals surface area contributed by atoms with Gasteiger partial charge in [0.1, 0.15) is 0 Å². The van der Waals surface area contributed by atoms with E-state index in [0.29, 0.717) is 0 Å². The zero-order valence-corrected chi connectivity index (χ0v) is 13.5. The number of rotatable bonds is 5. The van der Waals surface area contributed by atoms with Crippen molar-refractivity contribution in [2.24, 2.45) is 0 Å². The van der Waals surface area contributed by atoms with Gasteiger partial charge in [-0.1, -0.05) is 0 Å². The first-order valence-corrected chi connectivity index (χ1v) is 7.54. The molecule has 1 atom stereocenters. The Bertz CT molecular complexity index is 556. The lowest BCUT2D eigenvalue weighted by molar-refractivity contribution is 0.355. The molecule has 1 aromatic heterocycles. The molecule has 0 aliphatic rings. The third-order valence-corrected chi connectivity index (χ3v) is 4.86. The molecule has 19 heavy (non-hydrogen) atoms. The van der Waals surface area contributed by atoms with E-state index in [9.17, 15) is 0 Å². The maximum Gasteiger partial charge on any atom is 0.162 e. The highest BCUT2D eigenvalue weighted by Gasteiger charge is 2.12. The van der Waals surface area contributed by atoms with Crippen LogP contribution in [0.3, 0.4) is 0 Å². The Labute approximate surface area is 125 Å². The van der Waals surface area contributed by atoms with Crippen molar-refractivity contribution in [3.8, 4) is 11.5 Å². The van der Waals surface area contributed by atoms with Crippen LogP contribution in [-0.4, -0.2) is 14.2 Å². The molecular formula is C14H16BrNO2S. The van der Waals surface area contributed by atoms with Crippen LogP contribution in [0.15, 0.2) is 34.1 Å². The highest BCUT2D eigenvalue weighted by atomic mass is 79.9. The lowest BCUT2D eigenvalue weighted by Crippen LogP contribution is -2.05. The second-order valence-corrected chi connectivity index (χ2v) is 5.87. The monoisotopic (exact) mass is 341 g/mol. The first-order valence-electron chi connectivity index (χ1n) is 5.87. The second-order valence-electron chi connectivity index (χ2n) is 4.07. The van der Waals surface area contributed by atoms with Crippen molar-refractivity contribution in [1.29, 1.82) is 0 Å². The fourth-order valence-electron chi connectivity index (χ4n) is 1.86. The van der Waals surface area contributed by atoms with Gasteiger partial charge in [-0.15, -0.1) is 11.3 Å². The second kappa shape index (κ2) is 6.30. The topological polar surface area (TPSA) is 30.5 Å². The highest BCUT2D eigenvalue weighted by molar-refractivity contribution is 9.10. The summed E-state index contributed by atoms with van der Waals surface area (Å²) < 4.78 is 11.7. The largest absolute Gasteiger partial charge is 0.493 e. The van der Waals surface area contributed by atoms with E-state index < -0.39 is 0 Å². The van der Waals surface area contributed by atoms with Gasteiger partial charge < -0.3 is 14.8 Å². The smallest absolute Gasteiger partial charge is 0.162 e. The molecule has 5 heteroatoms. The van der Waals surface area contributed by atoms with Crippen molar-refractivity contribution in [3.63, 3.8) is 0 Å². The lowest BCUT2D eigenvalue weighted by Gasteiger charge is -2.16. The summed E-state index contributed by atoms with van der Waals surface area (Å²) >= 11 is 5.29. The van der Waals surface area contributed by atoms with Gasteiger partial charge in [-0.2, -0.15) is 0 Å². The molecule has 1 unspecified atom stereocenters. The van der Waals surface area contributed by atoms with Crippen LogP contribution in [-0.2, 0) is 0 Å². The van der Waals surface area contributed by atoms with Crippen molar-refractivity contribution in [2.75, 3.05) is 19.5 Å². The van der Waals surface area contributed by atoms with Gasteiger partial charge in [0, 0.05) is 21.1 Å². The lowest BCUT2D eigenvalue weighted by atomic mass is 10.2. The van der Waals surface area contributed by atoms with Gasteiger partial charge in [0.15, 0.2) is 11.5 Å². The Morgan fingerprint density at radius 2 is 1.89 bits per heavy atom. The first kappa shape index (κ1) is 14.2. The van der Waals surface area contributed by atoms with Crippen LogP contribution in [0.4, 0.5) is 5.69 Å². The molecule has 1 N–H and O–H groups in total. The van der Waals surface area contributed by atoms with Gasteiger partial charge >= 0.3 is 0 Å². The SMILES string of the molecule is COc1ccc(NC(C)c2sccc2Br)cc1OC. The Kier molecular flexibility index (Phi) is 4.71. The fraction of sp³-hybridized carbons (Fsp3) is 0.286. The van der Waals surface area contributed by atoms with E-state index in [4.69, 9.17) is 9.47 Å². The number of ether oxygens (including phenoxy) is 2. The van der Waals surface area contributed by atoms with Crippen LogP contribution in [0.25, 0.3) is 0 Å². The molecule has 2 rings (SSSR count). The van der Waals surface area contributed by atoms with E-state index in [-0.39, 0.29) is 6.04 Å². The van der Waals surface area contributed by atoms with Crippen LogP contribution in [0.5, 0.6) is 11.5 Å². The molecule has 102 valence electrons. The number of halogens is 1. The molecule has 0 fully saturated rings. The molecule has 0 saturated carbocycles. The number of nitrogens with one attached hydrogen (secondary N) is 1. The Morgan fingerprint density at radius 3 is 2.47 bits per heavy atom. The number of benzene rings is 1. The number of methoxy groups -OCH3 is 2. The standard InChI is InChI=1S/C14H16BrNO2S/c1-9(14-11(15)6-7-19-14)16-10-4-5-12(17-2)13(8-10)18-3/h4-9,16H,1-3H3. The van der Waals surface area contributed by atoms with Crippen LogP contribution in [0.2, 0.25) is 0 Å². The third kappa shape index (κ3) is 3.22. The normalized spacial score (nSPS) is 12.0. The minimum atomic E-state index is 0.229. The summed E-state index contributed by atoms with van der Waals surface area (Å²) in [4.78, 5) is 1.27. The van der Waals surface area contributed by atoms with Crippen LogP contribution in [0, 0.1) is 0 Å². The van der Waals surface area contributed by atoms with Crippen molar-refractivity contribution >= 4 is 33.0 Å². The minimum absolute atomic E-state index is 0.229. The van der Waals surface area contributed by atoms with E-state index in [1.54, 1.807) is 25.6 Å². The summed E-state index contributed by atoms with van der Waals surface area (Å²) in [5, 5.41) is 5.53. The van der Waals surface area contributed by atoms with Crippen LogP contribution in [0.1, 0.15) is 17.8 Å². The molecule has 0 radical (unpaired) electrons. The van der Waals surface area contributed by atoms with E-state index in [0.717, 1.165) is 21.7 Å². The average molecular weight is 342 g/mol. The minimum Gasteiger partial charge on any atom is -0.493 e. The van der Waals surface area contributed by atoms with E-state index in [1.807, 2.05) is 18.2 Å². The zero-order valence-electron chi connectivity index (χ0n) is 11.1. The third-order valence-electron chi connectivity index (χ3n) is 2.80. The Balaban J connectivity index is 2.17. The molecule has 0 aliphatic carbocycles. The van der Waals surface area contributed by atoms with Crippen molar-refractivity contribution in [3.05, 3.63) is 39.0 Å². The highest BCUT2D eigenvalue weighted by Crippen LogP contribution is 2.34. The molecule has 1 heterocycles. The summed E-state index contributed by atoms with van der Waals surface area (Å²) in [6.45, 7) is 2.13. The molecular weight excluding hydrogens is 326 g/mol. The average Bonchev–Trinajstić information content (AvgIpc) is 2.85. The van der Waals surface area contributed by atoms with Crippen molar-refractivity contribution in [2.45, 2.75) is 13.0 Å². The molecule has 0 spiro atoms. The molecule has 2 aromatic rings. The maximum atomic E-state index is 5.30. The number of hydrogen-bond donors (Lipinski definition) is 1. The van der Waals surface area contributed by atoms with Crippen molar-refractivity contribution < 1.29 is 9.47 Å². The molecule has 0 bridgehead atoms. The molecule has 3 nitrogen and oxygen atoms in total. The summed E-state index contributed by atoms with van der Waals surface area (Å²) in [7, 11) is 3.28. The van der Waals surface area contributed by atoms with Gasteiger partial charge in [0.25, 0.3) is 0 Å². The fourth-order valence-corrected chi connectivity index (χ4v) is 3.58. The van der Waals surface area contributed by atoms with Gasteiger partial charge in [-0.05, 0) is 46.4 Å². The Morgan fingerprint density at radius 1 is 1.16 bits per heavy atom. The summed E-state index contributed by atoms with van der Waals surface area (Å²) in [6, 6.07) is 8.12. The summed E-state index contributed by atoms with van der Waals surface area (Å²) in [6.07, 6.45) is 0. The molecule has 0 amide bonds. The number of anilines is 1. The van der Waals surface area contributed by atoms with Crippen LogP contribution < -0.4 is 14.8 Å². The quantitative estimate of drug-likeness (QED) is 0.854. The molecule has 1 aromatic carbocycles.